The molecule has 0 radical (unpaired) electrons. The molecule has 2 N–H and O–H groups in total. The Morgan fingerprint density at radius 1 is 1.29 bits per heavy atom. The largest absolute Gasteiger partial charge is 0.393 e. The average molecular weight is 204 g/mol. The highest BCUT2D eigenvalue weighted by Gasteiger charge is 1.99. The summed E-state index contributed by atoms with van der Waals surface area (Å²) in [6.07, 6.45) is 2.83. The second-order valence-electron chi connectivity index (χ2n) is 3.28. The van der Waals surface area contributed by atoms with Crippen molar-refractivity contribution in [3.05, 3.63) is 36.5 Å². The van der Waals surface area contributed by atoms with Crippen LogP contribution in [0.2, 0.25) is 0 Å². The molecule has 14 heavy (non-hydrogen) atoms. The molecular weight excluding hydrogens is 192 g/mol. The molecule has 2 nitrogen and oxygen atoms in total. The first-order valence-corrected chi connectivity index (χ1v) is 5.00. The van der Waals surface area contributed by atoms with Gasteiger partial charge in [0, 0.05) is 24.7 Å². The van der Waals surface area contributed by atoms with Crippen LogP contribution in [0.25, 0.3) is 10.9 Å². The van der Waals surface area contributed by atoms with E-state index in [2.05, 4.69) is 29.0 Å². The van der Waals surface area contributed by atoms with E-state index in [9.17, 15) is 0 Å². The SMILES string of the molecule is NC(=S)CCn1ccc2ccccc21. The Kier molecular flexibility index (Phi) is 2.50. The van der Waals surface area contributed by atoms with Gasteiger partial charge >= 0.3 is 0 Å². The molecule has 0 atom stereocenters. The zero-order valence-electron chi connectivity index (χ0n) is 7.81. The molecule has 0 aliphatic rings. The summed E-state index contributed by atoms with van der Waals surface area (Å²) in [4.78, 5) is 0.572. The molecule has 0 amide bonds. The molecule has 2 aromatic rings. The normalized spacial score (nSPS) is 10.6. The highest BCUT2D eigenvalue weighted by Crippen LogP contribution is 2.15. The third-order valence-corrected chi connectivity index (χ3v) is 2.48. The van der Waals surface area contributed by atoms with E-state index in [1.54, 1.807) is 0 Å². The van der Waals surface area contributed by atoms with E-state index >= 15 is 0 Å². The van der Waals surface area contributed by atoms with E-state index in [-0.39, 0.29) is 0 Å². The van der Waals surface area contributed by atoms with Crippen LogP contribution in [0.4, 0.5) is 0 Å². The maximum absolute atomic E-state index is 5.47. The van der Waals surface area contributed by atoms with Crippen molar-refractivity contribution in [3.63, 3.8) is 0 Å². The van der Waals surface area contributed by atoms with E-state index in [4.69, 9.17) is 18.0 Å². The lowest BCUT2D eigenvalue weighted by Crippen LogP contribution is -2.11. The van der Waals surface area contributed by atoms with Crippen molar-refractivity contribution in [3.8, 4) is 0 Å². The number of thiocarbonyl (C=S) groups is 1. The lowest BCUT2D eigenvalue weighted by Gasteiger charge is -2.03. The van der Waals surface area contributed by atoms with Gasteiger partial charge in [-0.25, -0.2) is 0 Å². The number of benzene rings is 1. The Hall–Kier alpha value is -1.35. The molecule has 1 aromatic heterocycles. The summed E-state index contributed by atoms with van der Waals surface area (Å²) >= 11 is 4.86. The van der Waals surface area contributed by atoms with Crippen molar-refractivity contribution in [2.24, 2.45) is 5.73 Å². The molecule has 0 aliphatic heterocycles. The second kappa shape index (κ2) is 3.80. The zero-order chi connectivity index (χ0) is 9.97. The van der Waals surface area contributed by atoms with E-state index in [0.717, 1.165) is 13.0 Å². The molecular formula is C11H12N2S. The summed E-state index contributed by atoms with van der Waals surface area (Å²) in [7, 11) is 0. The lowest BCUT2D eigenvalue weighted by molar-refractivity contribution is 0.757. The fourth-order valence-electron chi connectivity index (χ4n) is 1.57. The summed E-state index contributed by atoms with van der Waals surface area (Å²) in [6.45, 7) is 0.864. The van der Waals surface area contributed by atoms with E-state index in [1.807, 2.05) is 12.1 Å². The third-order valence-electron chi connectivity index (χ3n) is 2.28. The van der Waals surface area contributed by atoms with Gasteiger partial charge in [-0.2, -0.15) is 0 Å². The molecule has 72 valence electrons. The summed E-state index contributed by atoms with van der Waals surface area (Å²) in [5.41, 5.74) is 6.71. The number of nitrogens with zero attached hydrogens (tertiary/aromatic N) is 1. The molecule has 0 saturated heterocycles. The van der Waals surface area contributed by atoms with E-state index in [0.29, 0.717) is 4.99 Å². The number of rotatable bonds is 3. The maximum Gasteiger partial charge on any atom is 0.0745 e. The van der Waals surface area contributed by atoms with Crippen molar-refractivity contribution in [2.75, 3.05) is 0 Å². The highest BCUT2D eigenvalue weighted by molar-refractivity contribution is 7.80. The van der Waals surface area contributed by atoms with Gasteiger partial charge in [-0.3, -0.25) is 0 Å². The van der Waals surface area contributed by atoms with Crippen molar-refractivity contribution in [1.29, 1.82) is 0 Å². The van der Waals surface area contributed by atoms with Gasteiger partial charge in [0.2, 0.25) is 0 Å². The average Bonchev–Trinajstić information content (AvgIpc) is 2.58. The number of aromatic nitrogens is 1. The molecule has 0 aliphatic carbocycles. The number of aryl methyl sites for hydroxylation is 1. The van der Waals surface area contributed by atoms with E-state index in [1.165, 1.54) is 10.9 Å². The van der Waals surface area contributed by atoms with E-state index < -0.39 is 0 Å². The van der Waals surface area contributed by atoms with Crippen LogP contribution in [0.3, 0.4) is 0 Å². The summed E-state index contributed by atoms with van der Waals surface area (Å²) in [6, 6.07) is 10.4. The zero-order valence-corrected chi connectivity index (χ0v) is 8.63. The topological polar surface area (TPSA) is 30.9 Å². The predicted molar refractivity (Wildman–Crippen MR) is 63.3 cm³/mol. The van der Waals surface area contributed by atoms with Gasteiger partial charge in [-0.05, 0) is 17.5 Å². The molecule has 1 aromatic carbocycles. The van der Waals surface area contributed by atoms with Crippen LogP contribution in [0.1, 0.15) is 6.42 Å². The van der Waals surface area contributed by atoms with Crippen molar-refractivity contribution < 1.29 is 0 Å². The Bertz CT molecular complexity index is 459. The Balaban J connectivity index is 2.29. The maximum atomic E-state index is 5.47. The molecule has 0 unspecified atom stereocenters. The molecule has 0 bridgehead atoms. The van der Waals surface area contributed by atoms with Crippen LogP contribution in [0.5, 0.6) is 0 Å². The van der Waals surface area contributed by atoms with Gasteiger partial charge in [0.05, 0.1) is 4.99 Å². The minimum atomic E-state index is 0.572. The van der Waals surface area contributed by atoms with Crippen LogP contribution in [-0.4, -0.2) is 9.56 Å². The lowest BCUT2D eigenvalue weighted by atomic mass is 10.2. The van der Waals surface area contributed by atoms with Crippen LogP contribution in [-0.2, 0) is 6.54 Å². The van der Waals surface area contributed by atoms with Gasteiger partial charge in [-0.15, -0.1) is 0 Å². The Morgan fingerprint density at radius 3 is 2.86 bits per heavy atom. The first kappa shape index (κ1) is 9.21. The minimum absolute atomic E-state index is 0.572. The molecule has 0 fully saturated rings. The van der Waals surface area contributed by atoms with Crippen LogP contribution in [0, 0.1) is 0 Å². The molecule has 2 rings (SSSR count). The Morgan fingerprint density at radius 2 is 2.07 bits per heavy atom. The van der Waals surface area contributed by atoms with Crippen molar-refractivity contribution in [2.45, 2.75) is 13.0 Å². The standard InChI is InChI=1S/C11H12N2S/c12-11(14)6-8-13-7-5-9-3-1-2-4-10(9)13/h1-5,7H,6,8H2,(H2,12,14). The number of para-hydroxylation sites is 1. The first-order chi connectivity index (χ1) is 6.77. The fraction of sp³-hybridized carbons (Fsp3) is 0.182. The third kappa shape index (κ3) is 1.77. The van der Waals surface area contributed by atoms with Gasteiger partial charge in [0.25, 0.3) is 0 Å². The Labute approximate surface area is 88.3 Å². The summed E-state index contributed by atoms with van der Waals surface area (Å²) in [5, 5.41) is 1.26. The van der Waals surface area contributed by atoms with Gasteiger partial charge in [0.1, 0.15) is 0 Å². The van der Waals surface area contributed by atoms with Crippen molar-refractivity contribution in [1.82, 2.24) is 4.57 Å². The predicted octanol–water partition coefficient (Wildman–Crippen LogP) is 2.32. The van der Waals surface area contributed by atoms with Crippen LogP contribution >= 0.6 is 12.2 Å². The van der Waals surface area contributed by atoms with Gasteiger partial charge in [-0.1, -0.05) is 30.4 Å². The van der Waals surface area contributed by atoms with Crippen LogP contribution < -0.4 is 5.73 Å². The molecule has 0 spiro atoms. The number of fused-ring (bicyclic) bond motifs is 1. The number of hydrogen-bond acceptors (Lipinski definition) is 1. The smallest absolute Gasteiger partial charge is 0.0745 e. The van der Waals surface area contributed by atoms with Gasteiger partial charge < -0.3 is 10.3 Å². The number of hydrogen-bond donors (Lipinski definition) is 1. The summed E-state index contributed by atoms with van der Waals surface area (Å²) in [5.74, 6) is 0. The molecule has 3 heteroatoms. The minimum Gasteiger partial charge on any atom is -0.393 e. The van der Waals surface area contributed by atoms with Crippen LogP contribution in [0.15, 0.2) is 36.5 Å². The monoisotopic (exact) mass is 204 g/mol. The summed E-state index contributed by atoms with van der Waals surface area (Å²) < 4.78 is 2.18. The van der Waals surface area contributed by atoms with Crippen molar-refractivity contribution >= 4 is 28.1 Å². The highest BCUT2D eigenvalue weighted by atomic mass is 32.1. The quantitative estimate of drug-likeness (QED) is 0.778. The van der Waals surface area contributed by atoms with Gasteiger partial charge in [0.15, 0.2) is 0 Å². The first-order valence-electron chi connectivity index (χ1n) is 4.59. The fourth-order valence-corrected chi connectivity index (χ4v) is 1.66. The molecule has 1 heterocycles. The number of nitrogens with two attached hydrogens (primary N) is 1. The second-order valence-corrected chi connectivity index (χ2v) is 3.81. The molecule has 0 saturated carbocycles.